The molecule has 0 radical (unpaired) electrons. The zero-order valence-corrected chi connectivity index (χ0v) is 13.8. The normalized spacial score (nSPS) is 14.9. The van der Waals surface area contributed by atoms with E-state index in [1.165, 1.54) is 6.26 Å². The number of thioether (sulfide) groups is 1. The van der Waals surface area contributed by atoms with Crippen molar-refractivity contribution in [1.29, 1.82) is 0 Å². The molecule has 0 saturated carbocycles. The molecule has 1 unspecified atom stereocenters. The predicted octanol–water partition coefficient (Wildman–Crippen LogP) is 1.09. The first-order valence-electron chi connectivity index (χ1n) is 6.37. The largest absolute Gasteiger partial charge is 0.465 e. The van der Waals surface area contributed by atoms with Gasteiger partial charge in [0.05, 0.1) is 12.4 Å². The number of carbonyl (C=O) groups excluding carboxylic acids is 1. The maximum Gasteiger partial charge on any atom is 0.326 e. The van der Waals surface area contributed by atoms with Crippen molar-refractivity contribution < 1.29 is 17.9 Å². The lowest BCUT2D eigenvalue weighted by Gasteiger charge is -2.26. The van der Waals surface area contributed by atoms with Gasteiger partial charge in [-0.1, -0.05) is 0 Å². The van der Waals surface area contributed by atoms with Crippen LogP contribution < -0.4 is 5.32 Å². The summed E-state index contributed by atoms with van der Waals surface area (Å²) in [7, 11) is -1.13. The molecule has 0 fully saturated rings. The molecule has 0 aromatic heterocycles. The Morgan fingerprint density at radius 1 is 1.37 bits per heavy atom. The highest BCUT2D eigenvalue weighted by Gasteiger charge is 2.32. The molecular formula is C12H25NO4S2. The summed E-state index contributed by atoms with van der Waals surface area (Å²) in [6, 6.07) is 0. The number of likely N-dealkylation sites (N-methyl/N-ethyl adjacent to an activating group) is 1. The minimum atomic E-state index is -2.87. The number of nitrogens with one attached hydrogen (secondary N) is 1. The molecular weight excluding hydrogens is 286 g/mol. The number of carbonyl (C=O) groups is 1. The molecule has 19 heavy (non-hydrogen) atoms. The number of sulfone groups is 1. The van der Waals surface area contributed by atoms with E-state index in [2.05, 4.69) is 5.32 Å². The van der Waals surface area contributed by atoms with Crippen LogP contribution in [0.1, 0.15) is 26.7 Å². The number of hydrogen-bond acceptors (Lipinski definition) is 6. The molecule has 0 aromatic rings. The van der Waals surface area contributed by atoms with Gasteiger partial charge in [-0.25, -0.2) is 8.42 Å². The van der Waals surface area contributed by atoms with Crippen LogP contribution in [0.4, 0.5) is 0 Å². The van der Waals surface area contributed by atoms with Crippen LogP contribution in [0.25, 0.3) is 0 Å². The van der Waals surface area contributed by atoms with Crippen molar-refractivity contribution >= 4 is 27.6 Å². The summed E-state index contributed by atoms with van der Waals surface area (Å²) in [6.07, 6.45) is 2.76. The number of esters is 1. The van der Waals surface area contributed by atoms with Crippen LogP contribution in [0, 0.1) is 0 Å². The van der Waals surface area contributed by atoms with Gasteiger partial charge in [-0.15, -0.1) is 0 Å². The van der Waals surface area contributed by atoms with E-state index in [9.17, 15) is 13.2 Å². The first kappa shape index (κ1) is 18.7. The lowest BCUT2D eigenvalue weighted by molar-refractivity contribution is -0.150. The molecule has 5 nitrogen and oxygen atoms in total. The van der Waals surface area contributed by atoms with Gasteiger partial charge in [0.2, 0.25) is 0 Å². The van der Waals surface area contributed by atoms with E-state index in [0.29, 0.717) is 18.8 Å². The molecule has 0 aliphatic carbocycles. The maximum atomic E-state index is 11.8. The molecule has 7 heteroatoms. The zero-order valence-electron chi connectivity index (χ0n) is 12.2. The zero-order chi connectivity index (χ0) is 14.9. The number of rotatable bonds is 10. The lowest BCUT2D eigenvalue weighted by atomic mass is 9.97. The van der Waals surface area contributed by atoms with E-state index in [1.54, 1.807) is 25.7 Å². The molecule has 114 valence electrons. The van der Waals surface area contributed by atoms with E-state index < -0.39 is 15.4 Å². The highest BCUT2D eigenvalue weighted by atomic mass is 32.2. The molecule has 0 aromatic carbocycles. The third-order valence-corrected chi connectivity index (χ3v) is 5.12. The van der Waals surface area contributed by atoms with Crippen molar-refractivity contribution in [1.82, 2.24) is 5.32 Å². The van der Waals surface area contributed by atoms with Crippen LogP contribution in [-0.4, -0.2) is 57.1 Å². The molecule has 0 bridgehead atoms. The van der Waals surface area contributed by atoms with Crippen molar-refractivity contribution in [2.24, 2.45) is 0 Å². The van der Waals surface area contributed by atoms with Gasteiger partial charge in [0.1, 0.15) is 15.4 Å². The topological polar surface area (TPSA) is 72.5 Å². The Morgan fingerprint density at radius 3 is 2.47 bits per heavy atom. The quantitative estimate of drug-likeness (QED) is 0.481. The molecule has 1 N–H and O–H groups in total. The maximum absolute atomic E-state index is 11.8. The smallest absolute Gasteiger partial charge is 0.326 e. The van der Waals surface area contributed by atoms with Gasteiger partial charge < -0.3 is 10.1 Å². The minimum absolute atomic E-state index is 0.207. The van der Waals surface area contributed by atoms with E-state index >= 15 is 0 Å². The summed E-state index contributed by atoms with van der Waals surface area (Å²) < 4.78 is 26.9. The minimum Gasteiger partial charge on any atom is -0.465 e. The third-order valence-electron chi connectivity index (χ3n) is 2.84. The molecule has 0 aliphatic rings. The highest BCUT2D eigenvalue weighted by Crippen LogP contribution is 2.16. The fourth-order valence-electron chi connectivity index (χ4n) is 1.46. The van der Waals surface area contributed by atoms with Crippen LogP contribution in [0.15, 0.2) is 0 Å². The van der Waals surface area contributed by atoms with Gasteiger partial charge in [0.25, 0.3) is 0 Å². The molecule has 0 amide bonds. The van der Waals surface area contributed by atoms with Gasteiger partial charge in [-0.05, 0) is 39.5 Å². The van der Waals surface area contributed by atoms with E-state index in [4.69, 9.17) is 4.74 Å². The summed E-state index contributed by atoms with van der Waals surface area (Å²) >= 11 is 1.60. The average Bonchev–Trinajstić information content (AvgIpc) is 2.32. The van der Waals surface area contributed by atoms with Crippen LogP contribution in [-0.2, 0) is 19.4 Å². The van der Waals surface area contributed by atoms with Crippen molar-refractivity contribution in [2.75, 3.05) is 37.2 Å². The molecule has 0 saturated heterocycles. The Labute approximate surface area is 120 Å². The lowest BCUT2D eigenvalue weighted by Crippen LogP contribution is -2.48. The number of hydrogen-bond donors (Lipinski definition) is 1. The Balaban J connectivity index is 3.93. The van der Waals surface area contributed by atoms with Gasteiger partial charge >= 0.3 is 5.97 Å². The Bertz CT molecular complexity index is 370. The second-order valence-electron chi connectivity index (χ2n) is 4.65. The Hall–Kier alpha value is -0.270. The highest BCUT2D eigenvalue weighted by molar-refractivity contribution is 8.00. The first-order chi connectivity index (χ1) is 8.75. The van der Waals surface area contributed by atoms with Gasteiger partial charge in [-0.2, -0.15) is 11.8 Å². The van der Waals surface area contributed by atoms with Crippen molar-refractivity contribution in [3.05, 3.63) is 0 Å². The summed E-state index contributed by atoms with van der Waals surface area (Å²) in [4.78, 5) is 11.8. The van der Waals surface area contributed by atoms with Crippen molar-refractivity contribution in [3.63, 3.8) is 0 Å². The van der Waals surface area contributed by atoms with Crippen molar-refractivity contribution in [3.8, 4) is 0 Å². The average molecular weight is 311 g/mol. The van der Waals surface area contributed by atoms with Crippen LogP contribution in [0.3, 0.4) is 0 Å². The molecule has 0 spiro atoms. The summed E-state index contributed by atoms with van der Waals surface area (Å²) in [6.45, 7) is 3.99. The van der Waals surface area contributed by atoms with Crippen LogP contribution in [0.5, 0.6) is 0 Å². The Kier molecular flexibility index (Phi) is 8.69. The van der Waals surface area contributed by atoms with Crippen LogP contribution in [0.2, 0.25) is 0 Å². The fourth-order valence-corrected chi connectivity index (χ4v) is 3.69. The first-order valence-corrected chi connectivity index (χ1v) is 9.58. The van der Waals surface area contributed by atoms with Gasteiger partial charge in [0.15, 0.2) is 0 Å². The summed E-state index contributed by atoms with van der Waals surface area (Å²) in [5, 5.41) is 3.00. The van der Waals surface area contributed by atoms with Gasteiger partial charge in [-0.3, -0.25) is 4.79 Å². The fraction of sp³-hybridized carbons (Fsp3) is 0.917. The summed E-state index contributed by atoms with van der Waals surface area (Å²) in [5.41, 5.74) is -0.659. The predicted molar refractivity (Wildman–Crippen MR) is 80.4 cm³/mol. The van der Waals surface area contributed by atoms with E-state index in [0.717, 1.165) is 12.2 Å². The SMILES string of the molecule is CCOC(=O)C(C)(CCCSCCS(C)(=O)=O)NC. The molecule has 0 aliphatic heterocycles. The van der Waals surface area contributed by atoms with E-state index in [-0.39, 0.29) is 11.7 Å². The molecule has 0 rings (SSSR count). The van der Waals surface area contributed by atoms with Crippen molar-refractivity contribution in [2.45, 2.75) is 32.2 Å². The van der Waals surface area contributed by atoms with Crippen LogP contribution >= 0.6 is 11.8 Å². The summed E-state index contributed by atoms with van der Waals surface area (Å²) in [5.74, 6) is 1.41. The third kappa shape index (κ3) is 8.49. The molecule has 1 atom stereocenters. The monoisotopic (exact) mass is 311 g/mol. The number of ether oxygens (including phenoxy) is 1. The second kappa shape index (κ2) is 8.81. The van der Waals surface area contributed by atoms with E-state index in [1.807, 2.05) is 6.92 Å². The Morgan fingerprint density at radius 2 is 2.00 bits per heavy atom. The second-order valence-corrected chi connectivity index (χ2v) is 8.13. The molecule has 0 heterocycles. The van der Waals surface area contributed by atoms with Gasteiger partial charge in [0, 0.05) is 12.0 Å². The standard InChI is InChI=1S/C12H25NO4S2/c1-5-17-11(14)12(2,13-3)7-6-8-18-9-10-19(4,15)16/h13H,5-10H2,1-4H3.